The normalized spacial score (nSPS) is 17.6. The van der Waals surface area contributed by atoms with Crippen molar-refractivity contribution in [1.82, 2.24) is 14.2 Å². The molecule has 1 saturated heterocycles. The van der Waals surface area contributed by atoms with Crippen molar-refractivity contribution >= 4 is 21.6 Å². The van der Waals surface area contributed by atoms with E-state index >= 15 is 0 Å². The highest BCUT2D eigenvalue weighted by atomic mass is 32.2. The lowest BCUT2D eigenvalue weighted by Crippen LogP contribution is -2.50. The number of carbonyl (C=O) groups excluding carboxylic acids is 1. The molecule has 0 unspecified atom stereocenters. The second-order valence-electron chi connectivity index (χ2n) is 4.17. The Labute approximate surface area is 111 Å². The number of hydrogen-bond donors (Lipinski definition) is 2. The Bertz CT molecular complexity index is 589. The van der Waals surface area contributed by atoms with Gasteiger partial charge < -0.3 is 10.3 Å². The van der Waals surface area contributed by atoms with Gasteiger partial charge in [0.05, 0.1) is 12.2 Å². The number of rotatable bonds is 3. The van der Waals surface area contributed by atoms with Crippen molar-refractivity contribution < 1.29 is 13.2 Å². The van der Waals surface area contributed by atoms with Crippen LogP contribution in [0.2, 0.25) is 0 Å². The minimum Gasteiger partial charge on any atom is -0.343 e. The summed E-state index contributed by atoms with van der Waals surface area (Å²) in [5, 5.41) is 0. The van der Waals surface area contributed by atoms with Gasteiger partial charge in [-0.15, -0.1) is 0 Å². The number of hydrazine groups is 1. The maximum Gasteiger partial charge on any atom is 0.247 e. The van der Waals surface area contributed by atoms with E-state index in [4.69, 9.17) is 5.84 Å². The van der Waals surface area contributed by atoms with Crippen LogP contribution in [-0.4, -0.2) is 55.2 Å². The minimum atomic E-state index is -3.78. The number of pyridine rings is 1. The molecule has 0 spiro atoms. The maximum absolute atomic E-state index is 12.4. The summed E-state index contributed by atoms with van der Waals surface area (Å²) in [6.07, 6.45) is 2.65. The SMILES string of the molecule is CN1CCN(S(=O)(=O)c2cnccc2NN)CC1=O. The number of likely N-dealkylation sites (N-methyl/N-ethyl adjacent to an activating group) is 1. The van der Waals surface area contributed by atoms with Gasteiger partial charge in [0.1, 0.15) is 4.90 Å². The van der Waals surface area contributed by atoms with Crippen LogP contribution >= 0.6 is 0 Å². The average Bonchev–Trinajstić information content (AvgIpc) is 2.41. The van der Waals surface area contributed by atoms with E-state index in [1.807, 2.05) is 0 Å². The molecule has 1 aliphatic heterocycles. The van der Waals surface area contributed by atoms with Crippen molar-refractivity contribution in [3.63, 3.8) is 0 Å². The molecule has 8 nitrogen and oxygen atoms in total. The van der Waals surface area contributed by atoms with Crippen LogP contribution in [0.4, 0.5) is 5.69 Å². The number of carbonyl (C=O) groups is 1. The van der Waals surface area contributed by atoms with Crippen molar-refractivity contribution in [1.29, 1.82) is 0 Å². The summed E-state index contributed by atoms with van der Waals surface area (Å²) >= 11 is 0. The van der Waals surface area contributed by atoms with Crippen LogP contribution < -0.4 is 11.3 Å². The Balaban J connectivity index is 2.35. The molecule has 19 heavy (non-hydrogen) atoms. The molecule has 3 N–H and O–H groups in total. The molecule has 1 aliphatic rings. The van der Waals surface area contributed by atoms with Crippen LogP contribution in [0.25, 0.3) is 0 Å². The molecular weight excluding hydrogens is 270 g/mol. The topological polar surface area (TPSA) is 109 Å². The Hall–Kier alpha value is -1.71. The largest absolute Gasteiger partial charge is 0.343 e. The molecule has 104 valence electrons. The summed E-state index contributed by atoms with van der Waals surface area (Å²) in [6.45, 7) is 0.449. The fraction of sp³-hybridized carbons (Fsp3) is 0.400. The van der Waals surface area contributed by atoms with Crippen LogP contribution in [-0.2, 0) is 14.8 Å². The monoisotopic (exact) mass is 285 g/mol. The number of aromatic nitrogens is 1. The number of amides is 1. The van der Waals surface area contributed by atoms with Gasteiger partial charge >= 0.3 is 0 Å². The predicted octanol–water partition coefficient (Wildman–Crippen LogP) is -1.17. The van der Waals surface area contributed by atoms with Gasteiger partial charge in [-0.1, -0.05) is 0 Å². The molecule has 0 aliphatic carbocycles. The molecule has 0 atom stereocenters. The van der Waals surface area contributed by atoms with Crippen molar-refractivity contribution in [3.8, 4) is 0 Å². The van der Waals surface area contributed by atoms with E-state index in [0.29, 0.717) is 6.54 Å². The molecular formula is C10H15N5O3S. The van der Waals surface area contributed by atoms with Gasteiger partial charge in [-0.2, -0.15) is 4.31 Å². The van der Waals surface area contributed by atoms with Gasteiger partial charge in [-0.3, -0.25) is 15.6 Å². The van der Waals surface area contributed by atoms with E-state index < -0.39 is 10.0 Å². The van der Waals surface area contributed by atoms with Crippen LogP contribution in [0.5, 0.6) is 0 Å². The molecule has 1 amide bonds. The highest BCUT2D eigenvalue weighted by Gasteiger charge is 2.32. The lowest BCUT2D eigenvalue weighted by Gasteiger charge is -2.31. The van der Waals surface area contributed by atoms with Gasteiger partial charge in [0.15, 0.2) is 0 Å². The lowest BCUT2D eigenvalue weighted by atomic mass is 10.4. The van der Waals surface area contributed by atoms with Gasteiger partial charge in [0.25, 0.3) is 0 Å². The third-order valence-electron chi connectivity index (χ3n) is 2.98. The predicted molar refractivity (Wildman–Crippen MR) is 68.4 cm³/mol. The fourth-order valence-electron chi connectivity index (χ4n) is 1.79. The van der Waals surface area contributed by atoms with Gasteiger partial charge in [0, 0.05) is 32.5 Å². The molecule has 1 aromatic heterocycles. The van der Waals surface area contributed by atoms with Crippen molar-refractivity contribution in [3.05, 3.63) is 18.5 Å². The number of nitrogens with two attached hydrogens (primary N) is 1. The summed E-state index contributed by atoms with van der Waals surface area (Å²) < 4.78 is 26.0. The van der Waals surface area contributed by atoms with E-state index in [1.54, 1.807) is 7.05 Å². The maximum atomic E-state index is 12.4. The van der Waals surface area contributed by atoms with Crippen LogP contribution in [0, 0.1) is 0 Å². The Morgan fingerprint density at radius 1 is 1.42 bits per heavy atom. The van der Waals surface area contributed by atoms with Crippen LogP contribution in [0.1, 0.15) is 0 Å². The number of hydrogen-bond acceptors (Lipinski definition) is 6. The van der Waals surface area contributed by atoms with E-state index in [9.17, 15) is 13.2 Å². The standard InChI is InChI=1S/C10H15N5O3S/c1-14-4-5-15(7-10(14)16)19(17,18)9-6-12-3-2-8(9)13-11/h2-3,6H,4-5,7,11H2,1H3,(H,12,13). The molecule has 1 aromatic rings. The Morgan fingerprint density at radius 2 is 2.16 bits per heavy atom. The second kappa shape index (κ2) is 5.11. The highest BCUT2D eigenvalue weighted by molar-refractivity contribution is 7.89. The average molecular weight is 285 g/mol. The molecule has 2 rings (SSSR count). The Morgan fingerprint density at radius 3 is 2.79 bits per heavy atom. The lowest BCUT2D eigenvalue weighted by molar-refractivity contribution is -0.132. The zero-order chi connectivity index (χ0) is 14.0. The van der Waals surface area contributed by atoms with E-state index in [1.165, 1.54) is 23.4 Å². The highest BCUT2D eigenvalue weighted by Crippen LogP contribution is 2.23. The third-order valence-corrected chi connectivity index (χ3v) is 4.85. The van der Waals surface area contributed by atoms with Crippen molar-refractivity contribution in [2.24, 2.45) is 5.84 Å². The number of piperazine rings is 1. The second-order valence-corrected chi connectivity index (χ2v) is 6.08. The molecule has 2 heterocycles. The van der Waals surface area contributed by atoms with Crippen LogP contribution in [0.15, 0.2) is 23.4 Å². The molecule has 9 heteroatoms. The minimum absolute atomic E-state index is 0.0325. The first-order chi connectivity index (χ1) is 8.96. The quantitative estimate of drug-likeness (QED) is 0.535. The number of nitrogens with zero attached hydrogens (tertiary/aromatic N) is 3. The first-order valence-electron chi connectivity index (χ1n) is 5.61. The zero-order valence-corrected chi connectivity index (χ0v) is 11.2. The smallest absolute Gasteiger partial charge is 0.247 e. The third kappa shape index (κ3) is 2.53. The molecule has 0 radical (unpaired) electrons. The van der Waals surface area contributed by atoms with Crippen molar-refractivity contribution in [2.45, 2.75) is 4.90 Å². The van der Waals surface area contributed by atoms with Gasteiger partial charge in [-0.25, -0.2) is 8.42 Å². The number of nitrogen functional groups attached to an aromatic ring is 1. The number of sulfonamides is 1. The van der Waals surface area contributed by atoms with E-state index in [0.717, 1.165) is 4.31 Å². The first kappa shape index (κ1) is 13.7. The summed E-state index contributed by atoms with van der Waals surface area (Å²) in [7, 11) is -2.14. The molecule has 0 bridgehead atoms. The van der Waals surface area contributed by atoms with Crippen LogP contribution in [0.3, 0.4) is 0 Å². The summed E-state index contributed by atoms with van der Waals surface area (Å²) in [6, 6.07) is 1.46. The number of anilines is 1. The first-order valence-corrected chi connectivity index (χ1v) is 7.05. The van der Waals surface area contributed by atoms with Gasteiger partial charge in [0.2, 0.25) is 15.9 Å². The summed E-state index contributed by atoms with van der Waals surface area (Å²) in [5.41, 5.74) is 2.57. The number of nitrogens with one attached hydrogen (secondary N) is 1. The molecule has 0 aromatic carbocycles. The fourth-order valence-corrected chi connectivity index (χ4v) is 3.27. The van der Waals surface area contributed by atoms with E-state index in [2.05, 4.69) is 10.4 Å². The Kier molecular flexibility index (Phi) is 3.69. The summed E-state index contributed by atoms with van der Waals surface area (Å²) in [5.74, 6) is 5.06. The summed E-state index contributed by atoms with van der Waals surface area (Å²) in [4.78, 5) is 16.9. The molecule has 1 fully saturated rings. The van der Waals surface area contributed by atoms with Gasteiger partial charge in [-0.05, 0) is 6.07 Å². The van der Waals surface area contributed by atoms with E-state index in [-0.39, 0.29) is 29.6 Å². The zero-order valence-electron chi connectivity index (χ0n) is 10.4. The molecule has 0 saturated carbocycles. The van der Waals surface area contributed by atoms with Crippen molar-refractivity contribution in [2.75, 3.05) is 32.1 Å².